The van der Waals surface area contributed by atoms with Crippen LogP contribution in [0.1, 0.15) is 56.2 Å². The monoisotopic (exact) mass is 547 g/mol. The number of hydrogen-bond acceptors (Lipinski definition) is 7. The number of aromatic nitrogens is 2. The average molecular weight is 548 g/mol. The van der Waals surface area contributed by atoms with Crippen molar-refractivity contribution in [3.05, 3.63) is 71.4 Å². The molecule has 0 radical (unpaired) electrons. The summed E-state index contributed by atoms with van der Waals surface area (Å²) >= 11 is 1.64. The molecule has 208 valence electrons. The van der Waals surface area contributed by atoms with Gasteiger partial charge < -0.3 is 19.9 Å². The van der Waals surface area contributed by atoms with Crippen molar-refractivity contribution >= 4 is 29.2 Å². The molecule has 1 amide bonds. The second-order valence-corrected chi connectivity index (χ2v) is 12.3. The molecule has 4 rings (SSSR count). The van der Waals surface area contributed by atoms with Crippen molar-refractivity contribution in [1.82, 2.24) is 15.3 Å². The zero-order valence-electron chi connectivity index (χ0n) is 24.0. The zero-order valence-corrected chi connectivity index (χ0v) is 24.8. The third-order valence-corrected chi connectivity index (χ3v) is 7.68. The first-order chi connectivity index (χ1) is 18.6. The molecule has 0 saturated carbocycles. The summed E-state index contributed by atoms with van der Waals surface area (Å²) in [7, 11) is 1.69. The number of amides is 1. The Bertz CT molecular complexity index is 1230. The van der Waals surface area contributed by atoms with Crippen LogP contribution in [0.4, 0.5) is 11.5 Å². The molecule has 0 unspecified atom stereocenters. The van der Waals surface area contributed by atoms with Gasteiger partial charge in [0, 0.05) is 61.2 Å². The highest BCUT2D eigenvalue weighted by molar-refractivity contribution is 7.98. The maximum absolute atomic E-state index is 12.3. The molecule has 3 aromatic rings. The van der Waals surface area contributed by atoms with Crippen LogP contribution in [0.25, 0.3) is 0 Å². The van der Waals surface area contributed by atoms with Crippen LogP contribution in [0, 0.1) is 5.92 Å². The standard InChI is InChI=1S/C31H41N5O2S/c1-22(2)20-32-29(37)24-9-7-23(8-10-24)21-39-30-33-27(31(3,4)5)19-28(34-30)36-17-15-35(16-18-36)25-11-13-26(38-6)14-12-25/h7-14,19,22H,15-18,20-21H2,1-6H3,(H,32,37). The first-order valence-corrected chi connectivity index (χ1v) is 14.6. The fraction of sp³-hybridized carbons (Fsp3) is 0.452. The summed E-state index contributed by atoms with van der Waals surface area (Å²) in [5.41, 5.74) is 4.01. The lowest BCUT2D eigenvalue weighted by molar-refractivity contribution is 0.0949. The molecule has 0 bridgehead atoms. The van der Waals surface area contributed by atoms with Gasteiger partial charge in [-0.1, -0.05) is 58.5 Å². The third-order valence-electron chi connectivity index (χ3n) is 6.76. The number of anilines is 2. The Labute approximate surface area is 237 Å². The number of hydrogen-bond donors (Lipinski definition) is 1. The molecule has 1 N–H and O–H groups in total. The fourth-order valence-electron chi connectivity index (χ4n) is 4.31. The summed E-state index contributed by atoms with van der Waals surface area (Å²) in [6.45, 7) is 15.1. The number of methoxy groups -OCH3 is 1. The van der Waals surface area contributed by atoms with Crippen molar-refractivity contribution in [2.75, 3.05) is 49.6 Å². The van der Waals surface area contributed by atoms with Gasteiger partial charge in [-0.2, -0.15) is 0 Å². The van der Waals surface area contributed by atoms with Gasteiger partial charge in [0.1, 0.15) is 11.6 Å². The van der Waals surface area contributed by atoms with E-state index in [2.05, 4.69) is 67.9 Å². The van der Waals surface area contributed by atoms with E-state index in [9.17, 15) is 4.79 Å². The predicted molar refractivity (Wildman–Crippen MR) is 161 cm³/mol. The van der Waals surface area contributed by atoms with Crippen LogP contribution in [0.5, 0.6) is 5.75 Å². The number of carbonyl (C=O) groups excluding carboxylic acids is 1. The quantitative estimate of drug-likeness (QED) is 0.269. The van der Waals surface area contributed by atoms with Crippen molar-refractivity contribution in [2.24, 2.45) is 5.92 Å². The van der Waals surface area contributed by atoms with E-state index in [1.165, 1.54) is 5.69 Å². The predicted octanol–water partition coefficient (Wildman–Crippen LogP) is 5.79. The summed E-state index contributed by atoms with van der Waals surface area (Å²) in [5.74, 6) is 3.01. The fourth-order valence-corrected chi connectivity index (χ4v) is 5.12. The molecule has 1 aliphatic heterocycles. The van der Waals surface area contributed by atoms with Gasteiger partial charge in [-0.25, -0.2) is 9.97 Å². The Kier molecular flexibility index (Phi) is 9.38. The highest BCUT2D eigenvalue weighted by Gasteiger charge is 2.23. The van der Waals surface area contributed by atoms with Gasteiger partial charge in [-0.05, 0) is 47.9 Å². The molecule has 1 fully saturated rings. The van der Waals surface area contributed by atoms with Crippen LogP contribution in [0.2, 0.25) is 0 Å². The Morgan fingerprint density at radius 1 is 0.974 bits per heavy atom. The molecule has 7 nitrogen and oxygen atoms in total. The summed E-state index contributed by atoms with van der Waals surface area (Å²) in [6.07, 6.45) is 0. The van der Waals surface area contributed by atoms with E-state index in [1.54, 1.807) is 18.9 Å². The first kappa shape index (κ1) is 28.7. The molecule has 0 aliphatic carbocycles. The maximum Gasteiger partial charge on any atom is 0.251 e. The Morgan fingerprint density at radius 2 is 1.62 bits per heavy atom. The molecule has 1 saturated heterocycles. The molecule has 39 heavy (non-hydrogen) atoms. The number of ether oxygens (including phenoxy) is 1. The second kappa shape index (κ2) is 12.7. The number of thioether (sulfide) groups is 1. The topological polar surface area (TPSA) is 70.6 Å². The van der Waals surface area contributed by atoms with E-state index < -0.39 is 0 Å². The van der Waals surface area contributed by atoms with E-state index in [0.717, 1.165) is 59.9 Å². The number of piperazine rings is 1. The van der Waals surface area contributed by atoms with Crippen LogP contribution >= 0.6 is 11.8 Å². The van der Waals surface area contributed by atoms with E-state index in [0.29, 0.717) is 18.0 Å². The minimum atomic E-state index is -0.0804. The minimum Gasteiger partial charge on any atom is -0.497 e. The minimum absolute atomic E-state index is 0.0270. The maximum atomic E-state index is 12.3. The number of benzene rings is 2. The van der Waals surface area contributed by atoms with Crippen molar-refractivity contribution in [3.8, 4) is 5.75 Å². The lowest BCUT2D eigenvalue weighted by Gasteiger charge is -2.37. The number of nitrogens with one attached hydrogen (secondary N) is 1. The molecule has 1 aliphatic rings. The summed E-state index contributed by atoms with van der Waals surface area (Å²) in [5, 5.41) is 3.76. The largest absolute Gasteiger partial charge is 0.497 e. The Hall–Kier alpha value is -3.26. The second-order valence-electron chi connectivity index (χ2n) is 11.4. The summed E-state index contributed by atoms with van der Waals surface area (Å²) in [6, 6.07) is 18.2. The van der Waals surface area contributed by atoms with Gasteiger partial charge in [-0.15, -0.1) is 0 Å². The van der Waals surface area contributed by atoms with Crippen LogP contribution in [0.3, 0.4) is 0 Å². The Balaban J connectivity index is 1.42. The first-order valence-electron chi connectivity index (χ1n) is 13.7. The van der Waals surface area contributed by atoms with Gasteiger partial charge in [0.15, 0.2) is 5.16 Å². The van der Waals surface area contributed by atoms with E-state index >= 15 is 0 Å². The molecular formula is C31H41N5O2S. The summed E-state index contributed by atoms with van der Waals surface area (Å²) in [4.78, 5) is 27.0. The third kappa shape index (κ3) is 7.88. The molecule has 0 spiro atoms. The average Bonchev–Trinajstić information content (AvgIpc) is 2.94. The van der Waals surface area contributed by atoms with Crippen molar-refractivity contribution in [1.29, 1.82) is 0 Å². The van der Waals surface area contributed by atoms with Crippen molar-refractivity contribution in [3.63, 3.8) is 0 Å². The van der Waals surface area contributed by atoms with Crippen LogP contribution < -0.4 is 19.9 Å². The van der Waals surface area contributed by atoms with E-state index in [1.807, 2.05) is 36.4 Å². The highest BCUT2D eigenvalue weighted by atomic mass is 32.2. The number of rotatable bonds is 9. The van der Waals surface area contributed by atoms with Gasteiger partial charge in [0.2, 0.25) is 0 Å². The van der Waals surface area contributed by atoms with Crippen LogP contribution in [-0.4, -0.2) is 55.7 Å². The van der Waals surface area contributed by atoms with E-state index in [4.69, 9.17) is 14.7 Å². The molecule has 2 aromatic carbocycles. The van der Waals surface area contributed by atoms with Gasteiger partial charge >= 0.3 is 0 Å². The van der Waals surface area contributed by atoms with Crippen molar-refractivity contribution < 1.29 is 9.53 Å². The lowest BCUT2D eigenvalue weighted by atomic mass is 9.92. The van der Waals surface area contributed by atoms with Gasteiger partial charge in [-0.3, -0.25) is 4.79 Å². The molecular weight excluding hydrogens is 506 g/mol. The van der Waals surface area contributed by atoms with Gasteiger partial charge in [0.05, 0.1) is 12.8 Å². The van der Waals surface area contributed by atoms with Gasteiger partial charge in [0.25, 0.3) is 5.91 Å². The zero-order chi connectivity index (χ0) is 28.0. The molecule has 2 heterocycles. The number of carbonyl (C=O) groups is 1. The highest BCUT2D eigenvalue weighted by Crippen LogP contribution is 2.29. The van der Waals surface area contributed by atoms with Crippen LogP contribution in [-0.2, 0) is 11.2 Å². The van der Waals surface area contributed by atoms with Crippen LogP contribution in [0.15, 0.2) is 59.8 Å². The SMILES string of the molecule is COc1ccc(N2CCN(c3cc(C(C)(C)C)nc(SCc4ccc(C(=O)NCC(C)C)cc4)n3)CC2)cc1. The van der Waals surface area contributed by atoms with E-state index in [-0.39, 0.29) is 11.3 Å². The molecule has 0 atom stereocenters. The molecule has 8 heteroatoms. The smallest absolute Gasteiger partial charge is 0.251 e. The van der Waals surface area contributed by atoms with Crippen molar-refractivity contribution in [2.45, 2.75) is 50.9 Å². The summed E-state index contributed by atoms with van der Waals surface area (Å²) < 4.78 is 5.30. The number of nitrogens with zero attached hydrogens (tertiary/aromatic N) is 4. The lowest BCUT2D eigenvalue weighted by Crippen LogP contribution is -2.47. The Morgan fingerprint density at radius 3 is 2.21 bits per heavy atom. The normalized spacial score (nSPS) is 14.0. The molecule has 1 aromatic heterocycles.